The van der Waals surface area contributed by atoms with Crippen LogP contribution in [0.4, 0.5) is 0 Å². The van der Waals surface area contributed by atoms with Crippen molar-refractivity contribution in [3.05, 3.63) is 58.0 Å². The third-order valence-corrected chi connectivity index (χ3v) is 5.31. The van der Waals surface area contributed by atoms with Crippen molar-refractivity contribution in [3.63, 3.8) is 0 Å². The van der Waals surface area contributed by atoms with Gasteiger partial charge in [0, 0.05) is 21.7 Å². The Hall–Kier alpha value is -2.54. The fourth-order valence-corrected chi connectivity index (χ4v) is 3.87. The minimum Gasteiger partial charge on any atom is -0.352 e. The highest BCUT2D eigenvalue weighted by Crippen LogP contribution is 2.43. The van der Waals surface area contributed by atoms with Crippen LogP contribution in [0.15, 0.2) is 42.7 Å². The topological polar surface area (TPSA) is 72.7 Å². The minimum absolute atomic E-state index is 0.0750. The molecule has 4 rings (SSSR count). The van der Waals surface area contributed by atoms with E-state index in [1.165, 1.54) is 9.75 Å². The van der Waals surface area contributed by atoms with Gasteiger partial charge in [0.1, 0.15) is 6.33 Å². The monoisotopic (exact) mass is 339 g/mol. The molecule has 0 aliphatic heterocycles. The number of amides is 1. The molecular weight excluding hydrogens is 322 g/mol. The average Bonchev–Trinajstić information content (AvgIpc) is 2.99. The van der Waals surface area contributed by atoms with E-state index in [-0.39, 0.29) is 11.9 Å². The van der Waals surface area contributed by atoms with Crippen LogP contribution in [-0.4, -0.2) is 32.2 Å². The van der Waals surface area contributed by atoms with Crippen molar-refractivity contribution in [1.29, 1.82) is 0 Å². The highest BCUT2D eigenvalue weighted by atomic mass is 32.1. The number of tetrazole rings is 1. The number of hydrogen-bond acceptors (Lipinski definition) is 5. The summed E-state index contributed by atoms with van der Waals surface area (Å²) in [6.07, 6.45) is 2.98. The zero-order chi connectivity index (χ0) is 16.5. The van der Waals surface area contributed by atoms with Crippen molar-refractivity contribution in [3.8, 4) is 5.69 Å². The third kappa shape index (κ3) is 3.21. The Morgan fingerprint density at radius 3 is 2.79 bits per heavy atom. The van der Waals surface area contributed by atoms with Crippen molar-refractivity contribution in [2.75, 3.05) is 0 Å². The van der Waals surface area contributed by atoms with E-state index >= 15 is 0 Å². The number of nitrogens with zero attached hydrogens (tertiary/aromatic N) is 4. The summed E-state index contributed by atoms with van der Waals surface area (Å²) in [5.74, 6) is 0.570. The van der Waals surface area contributed by atoms with Crippen LogP contribution >= 0.6 is 11.3 Å². The van der Waals surface area contributed by atoms with Crippen LogP contribution in [0.2, 0.25) is 0 Å². The molecule has 1 amide bonds. The molecule has 2 atom stereocenters. The second-order valence-electron chi connectivity index (χ2n) is 6.06. The van der Waals surface area contributed by atoms with Crippen molar-refractivity contribution in [2.45, 2.75) is 31.7 Å². The maximum atomic E-state index is 12.2. The van der Waals surface area contributed by atoms with E-state index in [0.717, 1.165) is 17.7 Å². The molecule has 3 aromatic rings. The van der Waals surface area contributed by atoms with Gasteiger partial charge in [0.25, 0.3) is 0 Å². The Kier molecular flexibility index (Phi) is 3.86. The quantitative estimate of drug-likeness (QED) is 0.774. The van der Waals surface area contributed by atoms with E-state index < -0.39 is 0 Å². The number of aromatic nitrogens is 4. The second-order valence-corrected chi connectivity index (χ2v) is 7.38. The van der Waals surface area contributed by atoms with E-state index in [1.807, 2.05) is 35.6 Å². The van der Waals surface area contributed by atoms with E-state index in [1.54, 1.807) is 11.0 Å². The second kappa shape index (κ2) is 6.16. The molecule has 1 aliphatic carbocycles. The summed E-state index contributed by atoms with van der Waals surface area (Å²) < 4.78 is 1.58. The molecule has 2 aromatic heterocycles. The molecule has 2 heterocycles. The first kappa shape index (κ1) is 15.0. The lowest BCUT2D eigenvalue weighted by molar-refractivity contribution is -0.120. The smallest absolute Gasteiger partial charge is 0.224 e. The molecule has 24 heavy (non-hydrogen) atoms. The van der Waals surface area contributed by atoms with Gasteiger partial charge in [-0.05, 0) is 53.6 Å². The van der Waals surface area contributed by atoms with Crippen LogP contribution in [0.5, 0.6) is 0 Å². The molecule has 1 saturated carbocycles. The molecule has 6 nitrogen and oxygen atoms in total. The van der Waals surface area contributed by atoms with Gasteiger partial charge in [0.2, 0.25) is 5.91 Å². The van der Waals surface area contributed by atoms with Gasteiger partial charge in [0.15, 0.2) is 0 Å². The van der Waals surface area contributed by atoms with E-state index in [4.69, 9.17) is 0 Å². The Bertz CT molecular complexity index is 840. The van der Waals surface area contributed by atoms with Crippen LogP contribution in [0, 0.1) is 6.92 Å². The van der Waals surface area contributed by atoms with Gasteiger partial charge in [0.05, 0.1) is 12.1 Å². The molecule has 1 aromatic carbocycles. The van der Waals surface area contributed by atoms with E-state index in [0.29, 0.717) is 12.3 Å². The number of thiophene rings is 1. The van der Waals surface area contributed by atoms with Crippen LogP contribution in [0.25, 0.3) is 5.69 Å². The SMILES string of the molecule is Cc1ccc([C@@H]2C[C@@H]2NC(=O)Cc2ccc(-n3cnnn3)cc2)s1. The Balaban J connectivity index is 1.32. The number of nitrogens with one attached hydrogen (secondary N) is 1. The van der Waals surface area contributed by atoms with Crippen LogP contribution in [0.3, 0.4) is 0 Å². The molecule has 0 spiro atoms. The number of aryl methyl sites for hydroxylation is 1. The Labute approximate surface area is 143 Å². The number of hydrogen-bond donors (Lipinski definition) is 1. The molecule has 0 saturated heterocycles. The minimum atomic E-state index is 0.0750. The van der Waals surface area contributed by atoms with Gasteiger partial charge >= 0.3 is 0 Å². The molecule has 0 radical (unpaired) electrons. The average molecular weight is 339 g/mol. The van der Waals surface area contributed by atoms with Crippen molar-refractivity contribution >= 4 is 17.2 Å². The number of carbonyl (C=O) groups is 1. The number of carbonyl (C=O) groups excluding carboxylic acids is 1. The molecule has 0 unspecified atom stereocenters. The standard InChI is InChI=1S/C17H17N5OS/c1-11-2-7-16(24-11)14-9-15(14)19-17(23)8-12-3-5-13(6-4-12)22-10-18-20-21-22/h2-7,10,14-15H,8-9H2,1H3,(H,19,23)/t14-,15+/m1/s1. The summed E-state index contributed by atoms with van der Waals surface area (Å²) in [6.45, 7) is 2.11. The van der Waals surface area contributed by atoms with Crippen molar-refractivity contribution in [1.82, 2.24) is 25.5 Å². The largest absolute Gasteiger partial charge is 0.352 e. The highest BCUT2D eigenvalue weighted by Gasteiger charge is 2.40. The van der Waals surface area contributed by atoms with Crippen molar-refractivity contribution in [2.24, 2.45) is 0 Å². The van der Waals surface area contributed by atoms with Gasteiger partial charge in [-0.25, -0.2) is 4.68 Å². The Morgan fingerprint density at radius 2 is 2.12 bits per heavy atom. The highest BCUT2D eigenvalue weighted by molar-refractivity contribution is 7.12. The first-order valence-electron chi connectivity index (χ1n) is 7.87. The molecular formula is C17H17N5OS. The van der Waals surface area contributed by atoms with Gasteiger partial charge in [-0.3, -0.25) is 4.79 Å². The predicted molar refractivity (Wildman–Crippen MR) is 91.2 cm³/mol. The summed E-state index contributed by atoms with van der Waals surface area (Å²) in [4.78, 5) is 14.9. The van der Waals surface area contributed by atoms with Crippen LogP contribution in [-0.2, 0) is 11.2 Å². The first-order valence-corrected chi connectivity index (χ1v) is 8.69. The first-order chi connectivity index (χ1) is 11.7. The third-order valence-electron chi connectivity index (χ3n) is 4.18. The zero-order valence-electron chi connectivity index (χ0n) is 13.2. The predicted octanol–water partition coefficient (Wildman–Crippen LogP) is 2.25. The van der Waals surface area contributed by atoms with Crippen LogP contribution in [0.1, 0.15) is 27.7 Å². The zero-order valence-corrected chi connectivity index (χ0v) is 14.0. The van der Waals surface area contributed by atoms with Gasteiger partial charge in [-0.2, -0.15) is 0 Å². The van der Waals surface area contributed by atoms with Crippen LogP contribution < -0.4 is 5.32 Å². The van der Waals surface area contributed by atoms with E-state index in [9.17, 15) is 4.79 Å². The molecule has 122 valence electrons. The van der Waals surface area contributed by atoms with Gasteiger partial charge < -0.3 is 5.32 Å². The molecule has 1 N–H and O–H groups in total. The van der Waals surface area contributed by atoms with Crippen molar-refractivity contribution < 1.29 is 4.79 Å². The molecule has 1 aliphatic rings. The lowest BCUT2D eigenvalue weighted by Crippen LogP contribution is -2.28. The molecule has 1 fully saturated rings. The summed E-state index contributed by atoms with van der Waals surface area (Å²) in [6, 6.07) is 12.3. The summed E-state index contributed by atoms with van der Waals surface area (Å²) in [7, 11) is 0. The normalized spacial score (nSPS) is 19.2. The summed E-state index contributed by atoms with van der Waals surface area (Å²) in [5, 5.41) is 14.2. The molecule has 7 heteroatoms. The summed E-state index contributed by atoms with van der Waals surface area (Å²) >= 11 is 1.82. The lowest BCUT2D eigenvalue weighted by atomic mass is 10.1. The fourth-order valence-electron chi connectivity index (χ4n) is 2.81. The summed E-state index contributed by atoms with van der Waals surface area (Å²) in [5.41, 5.74) is 1.85. The number of rotatable bonds is 5. The fraction of sp³-hybridized carbons (Fsp3) is 0.294. The Morgan fingerprint density at radius 1 is 1.29 bits per heavy atom. The lowest BCUT2D eigenvalue weighted by Gasteiger charge is -2.05. The maximum absolute atomic E-state index is 12.2. The maximum Gasteiger partial charge on any atom is 0.224 e. The van der Waals surface area contributed by atoms with E-state index in [2.05, 4.69) is 39.9 Å². The van der Waals surface area contributed by atoms with Gasteiger partial charge in [-0.15, -0.1) is 16.4 Å². The molecule has 0 bridgehead atoms. The number of benzene rings is 1. The van der Waals surface area contributed by atoms with Gasteiger partial charge in [-0.1, -0.05) is 12.1 Å².